The Morgan fingerprint density at radius 1 is 1.10 bits per heavy atom. The van der Waals surface area contributed by atoms with Gasteiger partial charge in [-0.15, -0.1) is 0 Å². The molecule has 0 spiro atoms. The highest BCUT2D eigenvalue weighted by atomic mass is 16.5. The van der Waals surface area contributed by atoms with Crippen LogP contribution >= 0.6 is 0 Å². The number of nitrogens with one attached hydrogen (secondary N) is 1. The van der Waals surface area contributed by atoms with E-state index in [-0.39, 0.29) is 5.78 Å². The fourth-order valence-electron chi connectivity index (χ4n) is 1.96. The van der Waals surface area contributed by atoms with Crippen LogP contribution in [0.3, 0.4) is 0 Å². The van der Waals surface area contributed by atoms with Crippen molar-refractivity contribution in [1.29, 1.82) is 0 Å². The van der Waals surface area contributed by atoms with Crippen molar-refractivity contribution >= 4 is 17.2 Å². The average molecular weight is 285 g/mol. The van der Waals surface area contributed by atoms with Crippen molar-refractivity contribution in [3.8, 4) is 5.75 Å². The first-order valence-corrected chi connectivity index (χ1v) is 6.79. The zero-order chi connectivity index (χ0) is 15.1. The zero-order valence-electron chi connectivity index (χ0n) is 12.3. The van der Waals surface area contributed by atoms with Crippen molar-refractivity contribution in [1.82, 2.24) is 0 Å². The monoisotopic (exact) mass is 285 g/mol. The molecule has 0 aliphatic carbocycles. The first-order chi connectivity index (χ1) is 10.2. The highest BCUT2D eigenvalue weighted by molar-refractivity contribution is 6.00. The molecule has 0 amide bonds. The topological polar surface area (TPSA) is 47.6 Å². The van der Waals surface area contributed by atoms with E-state index in [4.69, 9.17) is 9.47 Å². The molecule has 2 rings (SSSR count). The number of ketones is 1. The maximum absolute atomic E-state index is 11.6. The molecule has 21 heavy (non-hydrogen) atoms. The Balaban J connectivity index is 2.13. The molecule has 0 aromatic heterocycles. The van der Waals surface area contributed by atoms with E-state index < -0.39 is 0 Å². The second-order valence-electron chi connectivity index (χ2n) is 4.60. The van der Waals surface area contributed by atoms with Crippen molar-refractivity contribution in [3.63, 3.8) is 0 Å². The summed E-state index contributed by atoms with van der Waals surface area (Å²) in [4.78, 5) is 11.6. The smallest absolute Gasteiger partial charge is 0.161 e. The number of hydrogen-bond donors (Lipinski definition) is 1. The predicted molar refractivity (Wildman–Crippen MR) is 83.5 cm³/mol. The fraction of sp³-hybridized carbons (Fsp3) is 0.235. The summed E-state index contributed by atoms with van der Waals surface area (Å²) < 4.78 is 10.5. The summed E-state index contributed by atoms with van der Waals surface area (Å²) in [6.07, 6.45) is 0. The molecule has 4 heteroatoms. The summed E-state index contributed by atoms with van der Waals surface area (Å²) in [7, 11) is 1.64. The SMILES string of the molecule is COCCOc1cccc(Nc2ccccc2C(C)=O)c1. The minimum atomic E-state index is 0.0330. The van der Waals surface area contributed by atoms with Gasteiger partial charge in [-0.3, -0.25) is 4.79 Å². The Kier molecular flexibility index (Phi) is 5.35. The summed E-state index contributed by atoms with van der Waals surface area (Å²) in [5, 5.41) is 3.25. The summed E-state index contributed by atoms with van der Waals surface area (Å²) in [6.45, 7) is 2.61. The van der Waals surface area contributed by atoms with Crippen LogP contribution in [0.4, 0.5) is 11.4 Å². The highest BCUT2D eigenvalue weighted by Crippen LogP contribution is 2.24. The van der Waals surface area contributed by atoms with Crippen molar-refractivity contribution in [2.45, 2.75) is 6.92 Å². The standard InChI is InChI=1S/C17H19NO3/c1-13(19)16-8-3-4-9-17(16)18-14-6-5-7-15(12-14)21-11-10-20-2/h3-9,12,18H,10-11H2,1-2H3. The number of carbonyl (C=O) groups is 1. The molecule has 2 aromatic rings. The largest absolute Gasteiger partial charge is 0.491 e. The molecule has 0 atom stereocenters. The highest BCUT2D eigenvalue weighted by Gasteiger charge is 2.06. The molecule has 0 heterocycles. The molecule has 4 nitrogen and oxygen atoms in total. The number of hydrogen-bond acceptors (Lipinski definition) is 4. The lowest BCUT2D eigenvalue weighted by atomic mass is 10.1. The third-order valence-corrected chi connectivity index (χ3v) is 2.98. The van der Waals surface area contributed by atoms with Gasteiger partial charge in [-0.2, -0.15) is 0 Å². The van der Waals surface area contributed by atoms with Crippen molar-refractivity contribution in [3.05, 3.63) is 54.1 Å². The molecule has 1 N–H and O–H groups in total. The Morgan fingerprint density at radius 3 is 2.67 bits per heavy atom. The number of anilines is 2. The van der Waals surface area contributed by atoms with Gasteiger partial charge in [0.2, 0.25) is 0 Å². The summed E-state index contributed by atoms with van der Waals surface area (Å²) in [5.41, 5.74) is 2.33. The van der Waals surface area contributed by atoms with Gasteiger partial charge in [-0.25, -0.2) is 0 Å². The van der Waals surface area contributed by atoms with Gasteiger partial charge in [0.25, 0.3) is 0 Å². The van der Waals surface area contributed by atoms with Crippen molar-refractivity contribution < 1.29 is 14.3 Å². The maximum Gasteiger partial charge on any atom is 0.161 e. The van der Waals surface area contributed by atoms with E-state index in [1.165, 1.54) is 0 Å². The molecule has 110 valence electrons. The van der Waals surface area contributed by atoms with Crippen LogP contribution in [0, 0.1) is 0 Å². The first kappa shape index (κ1) is 15.1. The van der Waals surface area contributed by atoms with E-state index in [0.717, 1.165) is 17.1 Å². The molecule has 0 fully saturated rings. The Hall–Kier alpha value is -2.33. The normalized spacial score (nSPS) is 10.2. The zero-order valence-corrected chi connectivity index (χ0v) is 12.3. The van der Waals surface area contributed by atoms with Crippen LogP contribution in [0.15, 0.2) is 48.5 Å². The number of methoxy groups -OCH3 is 1. The lowest BCUT2D eigenvalue weighted by Gasteiger charge is -2.12. The number of ether oxygens (including phenoxy) is 2. The van der Waals surface area contributed by atoms with Gasteiger partial charge >= 0.3 is 0 Å². The third kappa shape index (κ3) is 4.33. The molecule has 0 aliphatic heterocycles. The van der Waals surface area contributed by atoms with E-state index >= 15 is 0 Å². The van der Waals surface area contributed by atoms with Crippen LogP contribution in [0.1, 0.15) is 17.3 Å². The lowest BCUT2D eigenvalue weighted by Crippen LogP contribution is -2.04. The van der Waals surface area contributed by atoms with Gasteiger partial charge in [0.05, 0.1) is 6.61 Å². The van der Waals surface area contributed by atoms with Gasteiger partial charge in [0, 0.05) is 30.1 Å². The number of Topliss-reactive ketones (excluding diaryl/α,β-unsaturated/α-hetero) is 1. The molecule has 0 saturated carbocycles. The van der Waals surface area contributed by atoms with E-state index in [1.807, 2.05) is 48.5 Å². The minimum absolute atomic E-state index is 0.0330. The maximum atomic E-state index is 11.6. The number of benzene rings is 2. The van der Waals surface area contributed by atoms with Crippen molar-refractivity contribution in [2.75, 3.05) is 25.6 Å². The second kappa shape index (κ2) is 7.45. The minimum Gasteiger partial charge on any atom is -0.491 e. The van der Waals surface area contributed by atoms with Crippen LogP contribution in [0.2, 0.25) is 0 Å². The van der Waals surface area contributed by atoms with E-state index in [0.29, 0.717) is 18.8 Å². The second-order valence-corrected chi connectivity index (χ2v) is 4.60. The Labute approximate surface area is 124 Å². The molecule has 0 saturated heterocycles. The lowest BCUT2D eigenvalue weighted by molar-refractivity contribution is 0.101. The molecule has 2 aromatic carbocycles. The molecule has 0 radical (unpaired) electrons. The van der Waals surface area contributed by atoms with E-state index in [2.05, 4.69) is 5.32 Å². The average Bonchev–Trinajstić information content (AvgIpc) is 2.48. The van der Waals surface area contributed by atoms with Gasteiger partial charge in [0.15, 0.2) is 5.78 Å². The molecule has 0 aliphatic rings. The van der Waals surface area contributed by atoms with Crippen LogP contribution in [-0.4, -0.2) is 26.1 Å². The molecular formula is C17H19NO3. The predicted octanol–water partition coefficient (Wildman–Crippen LogP) is 3.66. The summed E-state index contributed by atoms with van der Waals surface area (Å²) >= 11 is 0. The number of para-hydroxylation sites is 1. The van der Waals surface area contributed by atoms with Crippen LogP contribution in [0.5, 0.6) is 5.75 Å². The Bertz CT molecular complexity index is 610. The molecular weight excluding hydrogens is 266 g/mol. The van der Waals surface area contributed by atoms with Crippen LogP contribution in [0.25, 0.3) is 0 Å². The Morgan fingerprint density at radius 2 is 1.90 bits per heavy atom. The van der Waals surface area contributed by atoms with E-state index in [1.54, 1.807) is 14.0 Å². The quantitative estimate of drug-likeness (QED) is 0.623. The fourth-order valence-corrected chi connectivity index (χ4v) is 1.96. The summed E-state index contributed by atoms with van der Waals surface area (Å²) in [6, 6.07) is 15.1. The molecule has 0 unspecified atom stereocenters. The first-order valence-electron chi connectivity index (χ1n) is 6.79. The van der Waals surface area contributed by atoms with E-state index in [9.17, 15) is 4.79 Å². The van der Waals surface area contributed by atoms with Gasteiger partial charge in [-0.05, 0) is 31.2 Å². The van der Waals surface area contributed by atoms with Crippen LogP contribution < -0.4 is 10.1 Å². The number of rotatable bonds is 7. The third-order valence-electron chi connectivity index (χ3n) is 2.98. The van der Waals surface area contributed by atoms with Crippen LogP contribution in [-0.2, 0) is 4.74 Å². The number of carbonyl (C=O) groups excluding carboxylic acids is 1. The summed E-state index contributed by atoms with van der Waals surface area (Å²) in [5.74, 6) is 0.794. The van der Waals surface area contributed by atoms with Crippen molar-refractivity contribution in [2.24, 2.45) is 0 Å². The van der Waals surface area contributed by atoms with Gasteiger partial charge < -0.3 is 14.8 Å². The van der Waals surface area contributed by atoms with Gasteiger partial charge in [-0.1, -0.05) is 18.2 Å². The molecule has 0 bridgehead atoms. The van der Waals surface area contributed by atoms with Gasteiger partial charge in [0.1, 0.15) is 12.4 Å².